The summed E-state index contributed by atoms with van der Waals surface area (Å²) in [6, 6.07) is 6.16. The van der Waals surface area contributed by atoms with Gasteiger partial charge in [-0.05, 0) is 37.1 Å². The van der Waals surface area contributed by atoms with E-state index in [1.165, 1.54) is 12.1 Å². The molecule has 1 atom stereocenters. The Morgan fingerprint density at radius 1 is 1.33 bits per heavy atom. The van der Waals surface area contributed by atoms with E-state index in [1.54, 1.807) is 12.1 Å². The SMILES string of the molecule is O=C(O)c1ccc(OCCNC(=O)C2CCCOC2)cc1. The second kappa shape index (κ2) is 7.64. The van der Waals surface area contributed by atoms with Crippen LogP contribution in [0.1, 0.15) is 23.2 Å². The van der Waals surface area contributed by atoms with Crippen LogP contribution < -0.4 is 10.1 Å². The second-order valence-corrected chi connectivity index (χ2v) is 4.88. The van der Waals surface area contributed by atoms with E-state index in [4.69, 9.17) is 14.6 Å². The first-order valence-corrected chi connectivity index (χ1v) is 6.98. The van der Waals surface area contributed by atoms with Crippen molar-refractivity contribution >= 4 is 11.9 Å². The van der Waals surface area contributed by atoms with Crippen molar-refractivity contribution < 1.29 is 24.2 Å². The van der Waals surface area contributed by atoms with Crippen molar-refractivity contribution in [3.63, 3.8) is 0 Å². The Bertz CT molecular complexity index is 479. The predicted octanol–water partition coefficient (Wildman–Crippen LogP) is 1.31. The summed E-state index contributed by atoms with van der Waals surface area (Å²) in [7, 11) is 0. The Labute approximate surface area is 123 Å². The third kappa shape index (κ3) is 4.75. The molecular formula is C15H19NO5. The fraction of sp³-hybridized carbons (Fsp3) is 0.467. The van der Waals surface area contributed by atoms with Crippen LogP contribution in [0.25, 0.3) is 0 Å². The van der Waals surface area contributed by atoms with E-state index in [1.807, 2.05) is 0 Å². The molecule has 1 amide bonds. The van der Waals surface area contributed by atoms with Gasteiger partial charge in [-0.3, -0.25) is 4.79 Å². The highest BCUT2D eigenvalue weighted by Gasteiger charge is 2.21. The van der Waals surface area contributed by atoms with Crippen LogP contribution in [-0.4, -0.2) is 43.3 Å². The molecule has 1 aliphatic rings. The minimum Gasteiger partial charge on any atom is -0.492 e. The summed E-state index contributed by atoms with van der Waals surface area (Å²) < 4.78 is 10.7. The molecule has 114 valence electrons. The third-order valence-electron chi connectivity index (χ3n) is 3.30. The molecule has 1 aromatic carbocycles. The maximum atomic E-state index is 11.8. The predicted molar refractivity (Wildman–Crippen MR) is 75.4 cm³/mol. The fourth-order valence-electron chi connectivity index (χ4n) is 2.13. The lowest BCUT2D eigenvalue weighted by atomic mass is 10.0. The first kappa shape index (κ1) is 15.3. The Morgan fingerprint density at radius 2 is 2.10 bits per heavy atom. The minimum atomic E-state index is -0.969. The fourth-order valence-corrected chi connectivity index (χ4v) is 2.13. The molecule has 6 heteroatoms. The highest BCUT2D eigenvalue weighted by molar-refractivity contribution is 5.87. The van der Waals surface area contributed by atoms with E-state index in [9.17, 15) is 9.59 Å². The first-order chi connectivity index (χ1) is 10.2. The van der Waals surface area contributed by atoms with E-state index in [0.717, 1.165) is 19.4 Å². The van der Waals surface area contributed by atoms with Gasteiger partial charge in [0.2, 0.25) is 5.91 Å². The minimum absolute atomic E-state index is 0.000440. The summed E-state index contributed by atoms with van der Waals surface area (Å²) in [5, 5.41) is 11.6. The molecule has 1 aliphatic heterocycles. The van der Waals surface area contributed by atoms with Crippen molar-refractivity contribution in [2.75, 3.05) is 26.4 Å². The summed E-state index contributed by atoms with van der Waals surface area (Å²) in [5.74, 6) is -0.452. The number of rotatable bonds is 6. The molecule has 1 aromatic rings. The number of carbonyl (C=O) groups is 2. The molecule has 0 spiro atoms. The number of carbonyl (C=O) groups excluding carboxylic acids is 1. The molecule has 1 heterocycles. The van der Waals surface area contributed by atoms with Gasteiger partial charge in [0.25, 0.3) is 0 Å². The maximum absolute atomic E-state index is 11.8. The average Bonchev–Trinajstić information content (AvgIpc) is 2.52. The van der Waals surface area contributed by atoms with Gasteiger partial charge in [-0.15, -0.1) is 0 Å². The molecule has 0 bridgehead atoms. The number of carboxylic acid groups (broad SMARTS) is 1. The van der Waals surface area contributed by atoms with Gasteiger partial charge in [0.15, 0.2) is 0 Å². The average molecular weight is 293 g/mol. The van der Waals surface area contributed by atoms with Crippen LogP contribution in [0.2, 0.25) is 0 Å². The number of nitrogens with one attached hydrogen (secondary N) is 1. The zero-order valence-electron chi connectivity index (χ0n) is 11.7. The summed E-state index contributed by atoms with van der Waals surface area (Å²) in [4.78, 5) is 22.5. The van der Waals surface area contributed by atoms with Crippen LogP contribution in [0.15, 0.2) is 24.3 Å². The van der Waals surface area contributed by atoms with Crippen molar-refractivity contribution in [2.45, 2.75) is 12.8 Å². The molecule has 1 fully saturated rings. The highest BCUT2D eigenvalue weighted by Crippen LogP contribution is 2.14. The Balaban J connectivity index is 1.67. The summed E-state index contributed by atoms with van der Waals surface area (Å²) in [6.45, 7) is 1.98. The number of hydrogen-bond acceptors (Lipinski definition) is 4. The van der Waals surface area contributed by atoms with E-state index in [0.29, 0.717) is 25.5 Å². The van der Waals surface area contributed by atoms with Gasteiger partial charge in [0.1, 0.15) is 12.4 Å². The molecule has 2 N–H and O–H groups in total. The number of aromatic carboxylic acids is 1. The maximum Gasteiger partial charge on any atom is 0.335 e. The standard InChI is InChI=1S/C15H19NO5/c17-14(12-2-1-8-20-10-12)16-7-9-21-13-5-3-11(4-6-13)15(18)19/h3-6,12H,1-2,7-10H2,(H,16,17)(H,18,19). The van der Waals surface area contributed by atoms with Crippen molar-refractivity contribution in [3.05, 3.63) is 29.8 Å². The zero-order valence-corrected chi connectivity index (χ0v) is 11.7. The van der Waals surface area contributed by atoms with Gasteiger partial charge in [-0.25, -0.2) is 4.79 Å². The van der Waals surface area contributed by atoms with Crippen molar-refractivity contribution in [1.29, 1.82) is 0 Å². The van der Waals surface area contributed by atoms with Crippen LogP contribution in [-0.2, 0) is 9.53 Å². The summed E-state index contributed by atoms with van der Waals surface area (Å²) in [6.07, 6.45) is 1.79. The van der Waals surface area contributed by atoms with Crippen LogP contribution >= 0.6 is 0 Å². The lowest BCUT2D eigenvalue weighted by Gasteiger charge is -2.21. The molecule has 0 radical (unpaired) electrons. The highest BCUT2D eigenvalue weighted by atomic mass is 16.5. The number of ether oxygens (including phenoxy) is 2. The summed E-state index contributed by atoms with van der Waals surface area (Å²) in [5.41, 5.74) is 0.216. The van der Waals surface area contributed by atoms with Crippen molar-refractivity contribution in [2.24, 2.45) is 5.92 Å². The molecular weight excluding hydrogens is 274 g/mol. The molecule has 1 saturated heterocycles. The zero-order chi connectivity index (χ0) is 15.1. The number of amides is 1. The third-order valence-corrected chi connectivity index (χ3v) is 3.30. The van der Waals surface area contributed by atoms with Crippen molar-refractivity contribution in [1.82, 2.24) is 5.32 Å². The molecule has 21 heavy (non-hydrogen) atoms. The van der Waals surface area contributed by atoms with Crippen molar-refractivity contribution in [3.8, 4) is 5.75 Å². The number of carboxylic acids is 1. The van der Waals surface area contributed by atoms with Crippen LogP contribution in [0, 0.1) is 5.92 Å². The quantitative estimate of drug-likeness (QED) is 0.772. The van der Waals surface area contributed by atoms with Crippen LogP contribution in [0.3, 0.4) is 0 Å². The van der Waals surface area contributed by atoms with E-state index in [2.05, 4.69) is 5.32 Å². The van der Waals surface area contributed by atoms with Crippen LogP contribution in [0.4, 0.5) is 0 Å². The topological polar surface area (TPSA) is 84.9 Å². The van der Waals surface area contributed by atoms with Gasteiger partial charge in [0.05, 0.1) is 24.6 Å². The summed E-state index contributed by atoms with van der Waals surface area (Å²) >= 11 is 0. The van der Waals surface area contributed by atoms with Crippen LogP contribution in [0.5, 0.6) is 5.75 Å². The number of hydrogen-bond donors (Lipinski definition) is 2. The number of benzene rings is 1. The van der Waals surface area contributed by atoms with Gasteiger partial charge < -0.3 is 19.9 Å². The lowest BCUT2D eigenvalue weighted by molar-refractivity contribution is -0.129. The first-order valence-electron chi connectivity index (χ1n) is 6.98. The Morgan fingerprint density at radius 3 is 2.71 bits per heavy atom. The van der Waals surface area contributed by atoms with Gasteiger partial charge in [0, 0.05) is 6.61 Å². The van der Waals surface area contributed by atoms with E-state index in [-0.39, 0.29) is 17.4 Å². The largest absolute Gasteiger partial charge is 0.492 e. The van der Waals surface area contributed by atoms with Gasteiger partial charge >= 0.3 is 5.97 Å². The van der Waals surface area contributed by atoms with E-state index < -0.39 is 5.97 Å². The molecule has 0 aromatic heterocycles. The monoisotopic (exact) mass is 293 g/mol. The molecule has 6 nitrogen and oxygen atoms in total. The smallest absolute Gasteiger partial charge is 0.335 e. The Hall–Kier alpha value is -2.08. The lowest BCUT2D eigenvalue weighted by Crippen LogP contribution is -2.37. The normalized spacial score (nSPS) is 18.0. The van der Waals surface area contributed by atoms with E-state index >= 15 is 0 Å². The van der Waals surface area contributed by atoms with Gasteiger partial charge in [-0.2, -0.15) is 0 Å². The molecule has 2 rings (SSSR count). The van der Waals surface area contributed by atoms with Gasteiger partial charge in [-0.1, -0.05) is 0 Å². The molecule has 0 aliphatic carbocycles. The molecule has 1 unspecified atom stereocenters. The Kier molecular flexibility index (Phi) is 5.57. The second-order valence-electron chi connectivity index (χ2n) is 4.88. The molecule has 0 saturated carbocycles.